The van der Waals surface area contributed by atoms with E-state index in [-0.39, 0.29) is 33.2 Å². The molecule has 0 radical (unpaired) electrons. The second kappa shape index (κ2) is 7.45. The molecule has 0 amide bonds. The minimum absolute atomic E-state index is 0. The Bertz CT molecular complexity index is 395. The fourth-order valence-electron chi connectivity index (χ4n) is 2.84. The van der Waals surface area contributed by atoms with Gasteiger partial charge in [0.2, 0.25) is 10.0 Å². The molecular weight excluding hydrogens is 282 g/mol. The predicted molar refractivity (Wildman–Crippen MR) is 97.2 cm³/mol. The summed E-state index contributed by atoms with van der Waals surface area (Å²) in [6.45, 7) is 13.3. The minimum Gasteiger partial charge on any atom is -0.212 e. The van der Waals surface area contributed by atoms with Crippen molar-refractivity contribution in [2.24, 2.45) is 10.8 Å². The van der Waals surface area contributed by atoms with Crippen LogP contribution in [0, 0.1) is 10.8 Å². The first kappa shape index (κ1) is 25.8. The molecule has 0 bridgehead atoms. The van der Waals surface area contributed by atoms with Crippen LogP contribution in [0.15, 0.2) is 0 Å². The van der Waals surface area contributed by atoms with Crippen molar-refractivity contribution in [2.75, 3.05) is 12.8 Å². The van der Waals surface area contributed by atoms with E-state index >= 15 is 0 Å². The van der Waals surface area contributed by atoms with Gasteiger partial charge in [-0.1, -0.05) is 43.1 Å². The highest BCUT2D eigenvalue weighted by Crippen LogP contribution is 2.60. The summed E-state index contributed by atoms with van der Waals surface area (Å²) in [7, 11) is -3.13. The normalized spacial score (nSPS) is 17.3. The molecule has 0 N–H and O–H groups in total. The Morgan fingerprint density at radius 2 is 1.33 bits per heavy atom. The van der Waals surface area contributed by atoms with E-state index in [9.17, 15) is 8.42 Å². The molecule has 132 valence electrons. The van der Waals surface area contributed by atoms with E-state index in [1.165, 1.54) is 19.1 Å². The van der Waals surface area contributed by atoms with Crippen LogP contribution in [-0.4, -0.2) is 31.1 Å². The molecule has 1 saturated carbocycles. The van der Waals surface area contributed by atoms with Crippen LogP contribution in [-0.2, 0) is 10.0 Å². The third-order valence-corrected chi connectivity index (χ3v) is 5.92. The van der Waals surface area contributed by atoms with E-state index in [4.69, 9.17) is 0 Å². The molecule has 0 atom stereocenters. The summed E-state index contributed by atoms with van der Waals surface area (Å²) in [5.74, 6) is 0. The molecular formula is C17H41NO2S. The fourth-order valence-corrected chi connectivity index (χ4v) is 4.26. The van der Waals surface area contributed by atoms with Crippen LogP contribution in [0.2, 0.25) is 0 Å². The average Bonchev–Trinajstić information content (AvgIpc) is 2.78. The fraction of sp³-hybridized carbons (Fsp3) is 1.00. The zero-order valence-electron chi connectivity index (χ0n) is 13.0. The Kier molecular flexibility index (Phi) is 9.17. The first-order valence-electron chi connectivity index (χ1n) is 6.77. The van der Waals surface area contributed by atoms with Crippen LogP contribution in [0.1, 0.15) is 83.1 Å². The third kappa shape index (κ3) is 6.27. The van der Waals surface area contributed by atoms with E-state index < -0.39 is 10.0 Å². The lowest BCUT2D eigenvalue weighted by Crippen LogP contribution is -2.46. The Hall–Kier alpha value is -0.0900. The van der Waals surface area contributed by atoms with Gasteiger partial charge >= 0.3 is 0 Å². The van der Waals surface area contributed by atoms with Gasteiger partial charge in [-0.05, 0) is 50.9 Å². The van der Waals surface area contributed by atoms with Crippen molar-refractivity contribution in [3.05, 3.63) is 0 Å². The third-order valence-electron chi connectivity index (χ3n) is 4.39. The summed E-state index contributed by atoms with van der Waals surface area (Å²) >= 11 is 0. The number of hydrogen-bond donors (Lipinski definition) is 0. The Labute approximate surface area is 135 Å². The Morgan fingerprint density at radius 1 is 0.952 bits per heavy atom. The number of hydrogen-bond acceptors (Lipinski definition) is 2. The van der Waals surface area contributed by atoms with Crippen LogP contribution < -0.4 is 0 Å². The SMILES string of the molecule is C.C.C.CC(C)(C)N(CCC1(C(C)(C)C)CC1)S(C)(=O)=O. The molecule has 1 fully saturated rings. The molecule has 0 unspecified atom stereocenters. The molecule has 1 aliphatic rings. The molecule has 21 heavy (non-hydrogen) atoms. The van der Waals surface area contributed by atoms with Gasteiger partial charge in [-0.15, -0.1) is 0 Å². The van der Waals surface area contributed by atoms with Crippen LogP contribution >= 0.6 is 0 Å². The van der Waals surface area contributed by atoms with Crippen LogP contribution in [0.5, 0.6) is 0 Å². The minimum atomic E-state index is -3.13. The van der Waals surface area contributed by atoms with Crippen LogP contribution in [0.4, 0.5) is 0 Å². The average molecular weight is 324 g/mol. The summed E-state index contributed by atoms with van der Waals surface area (Å²) in [5, 5.41) is 0. The largest absolute Gasteiger partial charge is 0.212 e. The van der Waals surface area contributed by atoms with Crippen molar-refractivity contribution in [1.29, 1.82) is 0 Å². The van der Waals surface area contributed by atoms with Gasteiger partial charge in [0.25, 0.3) is 0 Å². The highest BCUT2D eigenvalue weighted by molar-refractivity contribution is 7.88. The maximum atomic E-state index is 11.9. The highest BCUT2D eigenvalue weighted by Gasteiger charge is 2.51. The standard InChI is InChI=1S/C14H29NO2S.3CH4/c1-12(2,3)14(8-9-14)10-11-15(13(4,5)6)18(7,16)17;;;/h8-11H2,1-7H3;3*1H4. The van der Waals surface area contributed by atoms with E-state index in [1.807, 2.05) is 20.8 Å². The van der Waals surface area contributed by atoms with Crippen molar-refractivity contribution >= 4 is 10.0 Å². The van der Waals surface area contributed by atoms with Crippen molar-refractivity contribution in [3.8, 4) is 0 Å². The first-order chi connectivity index (χ1) is 7.80. The van der Waals surface area contributed by atoms with Gasteiger partial charge in [0.1, 0.15) is 0 Å². The Balaban J connectivity index is -0.00000108. The quantitative estimate of drug-likeness (QED) is 0.715. The summed E-state index contributed by atoms with van der Waals surface area (Å²) in [6, 6.07) is 0. The second-order valence-corrected chi connectivity index (χ2v) is 9.69. The lowest BCUT2D eigenvalue weighted by atomic mass is 9.75. The van der Waals surface area contributed by atoms with Gasteiger partial charge in [0, 0.05) is 12.1 Å². The maximum absolute atomic E-state index is 11.9. The van der Waals surface area contributed by atoms with E-state index in [0.29, 0.717) is 12.0 Å². The van der Waals surface area contributed by atoms with Crippen molar-refractivity contribution in [2.45, 2.75) is 88.6 Å². The monoisotopic (exact) mass is 323 g/mol. The molecule has 0 aromatic heterocycles. The van der Waals surface area contributed by atoms with Crippen molar-refractivity contribution < 1.29 is 8.42 Å². The summed E-state index contributed by atoms with van der Waals surface area (Å²) in [4.78, 5) is 0. The van der Waals surface area contributed by atoms with Crippen molar-refractivity contribution in [3.63, 3.8) is 0 Å². The number of sulfonamides is 1. The first-order valence-corrected chi connectivity index (χ1v) is 8.62. The van der Waals surface area contributed by atoms with Gasteiger partial charge in [-0.2, -0.15) is 4.31 Å². The van der Waals surface area contributed by atoms with Gasteiger partial charge in [0.15, 0.2) is 0 Å². The van der Waals surface area contributed by atoms with Gasteiger partial charge in [-0.3, -0.25) is 0 Å². The Morgan fingerprint density at radius 3 is 1.52 bits per heavy atom. The molecule has 0 aliphatic heterocycles. The number of nitrogens with zero attached hydrogens (tertiary/aromatic N) is 1. The van der Waals surface area contributed by atoms with Crippen LogP contribution in [0.25, 0.3) is 0 Å². The van der Waals surface area contributed by atoms with E-state index in [2.05, 4.69) is 20.8 Å². The van der Waals surface area contributed by atoms with Gasteiger partial charge < -0.3 is 0 Å². The molecule has 0 aromatic rings. The second-order valence-electron chi connectivity index (χ2n) is 7.79. The van der Waals surface area contributed by atoms with Gasteiger partial charge in [-0.25, -0.2) is 8.42 Å². The van der Waals surface area contributed by atoms with E-state index in [0.717, 1.165) is 6.42 Å². The molecule has 4 heteroatoms. The molecule has 0 heterocycles. The summed E-state index contributed by atoms with van der Waals surface area (Å²) in [6.07, 6.45) is 4.76. The smallest absolute Gasteiger partial charge is 0.211 e. The molecule has 0 aromatic carbocycles. The molecule has 1 rings (SSSR count). The topological polar surface area (TPSA) is 37.4 Å². The highest BCUT2D eigenvalue weighted by atomic mass is 32.2. The lowest BCUT2D eigenvalue weighted by molar-refractivity contribution is 0.162. The maximum Gasteiger partial charge on any atom is 0.211 e. The van der Waals surface area contributed by atoms with Gasteiger partial charge in [0.05, 0.1) is 6.26 Å². The molecule has 1 aliphatic carbocycles. The molecule has 0 spiro atoms. The molecule has 0 saturated heterocycles. The van der Waals surface area contributed by atoms with Crippen LogP contribution in [0.3, 0.4) is 0 Å². The number of rotatable bonds is 4. The van der Waals surface area contributed by atoms with E-state index in [1.54, 1.807) is 4.31 Å². The summed E-state index contributed by atoms with van der Waals surface area (Å²) in [5.41, 5.74) is 0.288. The van der Waals surface area contributed by atoms with Crippen molar-refractivity contribution in [1.82, 2.24) is 4.31 Å². The lowest BCUT2D eigenvalue weighted by Gasteiger charge is -2.37. The predicted octanol–water partition coefficient (Wildman–Crippen LogP) is 5.17. The summed E-state index contributed by atoms with van der Waals surface area (Å²) < 4.78 is 25.4. The zero-order chi connectivity index (χ0) is 14.4. The zero-order valence-corrected chi connectivity index (χ0v) is 13.8. The molecule has 3 nitrogen and oxygen atoms in total.